The van der Waals surface area contributed by atoms with Gasteiger partial charge in [-0.15, -0.1) is 0 Å². The first-order valence-corrected chi connectivity index (χ1v) is 6.34. The molecule has 1 unspecified atom stereocenters. The average molecular weight is 233 g/mol. The van der Waals surface area contributed by atoms with Crippen molar-refractivity contribution < 1.29 is 0 Å². The van der Waals surface area contributed by atoms with Gasteiger partial charge in [-0.2, -0.15) is 0 Å². The normalized spacial score (nSPS) is 21.1. The molecule has 1 aliphatic rings. The molecule has 1 atom stereocenters. The van der Waals surface area contributed by atoms with Gasteiger partial charge in [0.25, 0.3) is 0 Å². The first-order chi connectivity index (χ1) is 8.19. The number of hydrogen-bond donors (Lipinski definition) is 1. The van der Waals surface area contributed by atoms with Crippen LogP contribution in [0.5, 0.6) is 0 Å². The third kappa shape index (κ3) is 3.20. The summed E-state index contributed by atoms with van der Waals surface area (Å²) in [6.07, 6.45) is 1.29. The van der Waals surface area contributed by atoms with Crippen molar-refractivity contribution in [3.05, 3.63) is 29.8 Å². The smallest absolute Gasteiger partial charge is 0.0340 e. The molecular weight excluding hydrogens is 210 g/mol. The van der Waals surface area contributed by atoms with E-state index in [0.717, 1.165) is 6.54 Å². The number of likely N-dealkylation sites (tertiary alicyclic amines) is 1. The summed E-state index contributed by atoms with van der Waals surface area (Å²) in [4.78, 5) is 4.88. The summed E-state index contributed by atoms with van der Waals surface area (Å²) in [5, 5.41) is 3.19. The first-order valence-electron chi connectivity index (χ1n) is 6.34. The molecule has 1 N–H and O–H groups in total. The van der Waals surface area contributed by atoms with Crippen molar-refractivity contribution in [1.82, 2.24) is 9.80 Å². The third-order valence-electron chi connectivity index (χ3n) is 3.64. The second-order valence-electron chi connectivity index (χ2n) is 5.07. The van der Waals surface area contributed by atoms with Crippen LogP contribution in [0.25, 0.3) is 0 Å². The van der Waals surface area contributed by atoms with E-state index in [-0.39, 0.29) is 0 Å². The van der Waals surface area contributed by atoms with Crippen LogP contribution >= 0.6 is 0 Å². The second kappa shape index (κ2) is 5.52. The topological polar surface area (TPSA) is 18.5 Å². The fourth-order valence-corrected chi connectivity index (χ4v) is 2.51. The van der Waals surface area contributed by atoms with Crippen molar-refractivity contribution in [2.24, 2.45) is 0 Å². The van der Waals surface area contributed by atoms with Crippen molar-refractivity contribution >= 4 is 5.69 Å². The zero-order valence-electron chi connectivity index (χ0n) is 11.1. The van der Waals surface area contributed by atoms with Crippen LogP contribution < -0.4 is 5.32 Å². The summed E-state index contributed by atoms with van der Waals surface area (Å²) in [5.41, 5.74) is 2.58. The molecule has 94 valence electrons. The van der Waals surface area contributed by atoms with Crippen molar-refractivity contribution in [3.63, 3.8) is 0 Å². The lowest BCUT2D eigenvalue weighted by atomic mass is 10.1. The van der Waals surface area contributed by atoms with E-state index >= 15 is 0 Å². The number of nitrogens with one attached hydrogen (secondary N) is 1. The molecule has 1 aliphatic heterocycles. The van der Waals surface area contributed by atoms with Crippen LogP contribution in [-0.4, -0.2) is 50.1 Å². The molecule has 0 amide bonds. The highest BCUT2D eigenvalue weighted by Gasteiger charge is 2.22. The van der Waals surface area contributed by atoms with Gasteiger partial charge < -0.3 is 10.2 Å². The van der Waals surface area contributed by atoms with Gasteiger partial charge in [-0.3, -0.25) is 4.90 Å². The fourth-order valence-electron chi connectivity index (χ4n) is 2.51. The Morgan fingerprint density at radius 3 is 2.94 bits per heavy atom. The van der Waals surface area contributed by atoms with Crippen molar-refractivity contribution in [2.75, 3.05) is 39.5 Å². The van der Waals surface area contributed by atoms with E-state index in [1.807, 2.05) is 7.05 Å². The van der Waals surface area contributed by atoms with Gasteiger partial charge in [-0.25, -0.2) is 0 Å². The van der Waals surface area contributed by atoms with E-state index < -0.39 is 0 Å². The Labute approximate surface area is 104 Å². The van der Waals surface area contributed by atoms with Crippen molar-refractivity contribution in [1.29, 1.82) is 0 Å². The van der Waals surface area contributed by atoms with Crippen molar-refractivity contribution in [3.8, 4) is 0 Å². The van der Waals surface area contributed by atoms with Crippen LogP contribution in [0.3, 0.4) is 0 Å². The van der Waals surface area contributed by atoms with E-state index in [1.165, 1.54) is 30.8 Å². The van der Waals surface area contributed by atoms with Crippen LogP contribution in [0.15, 0.2) is 24.3 Å². The minimum absolute atomic E-state index is 0.707. The van der Waals surface area contributed by atoms with Gasteiger partial charge in [-0.1, -0.05) is 12.1 Å². The molecule has 0 radical (unpaired) electrons. The van der Waals surface area contributed by atoms with Gasteiger partial charge in [0.2, 0.25) is 0 Å². The summed E-state index contributed by atoms with van der Waals surface area (Å²) in [5.74, 6) is 0. The molecule has 0 bridgehead atoms. The molecule has 1 heterocycles. The Kier molecular flexibility index (Phi) is 4.02. The van der Waals surface area contributed by atoms with Gasteiger partial charge in [0.05, 0.1) is 0 Å². The summed E-state index contributed by atoms with van der Waals surface area (Å²) in [6, 6.07) is 9.37. The Balaban J connectivity index is 1.95. The van der Waals surface area contributed by atoms with E-state index in [1.54, 1.807) is 0 Å². The zero-order valence-corrected chi connectivity index (χ0v) is 11.1. The molecule has 1 aromatic rings. The number of benzene rings is 1. The molecule has 1 saturated heterocycles. The SMILES string of the molecule is CNc1cccc(CN(C)C2CCN(C)C2)c1. The van der Waals surface area contributed by atoms with Crippen LogP contribution in [-0.2, 0) is 6.54 Å². The minimum Gasteiger partial charge on any atom is -0.388 e. The molecule has 3 nitrogen and oxygen atoms in total. The maximum atomic E-state index is 3.19. The molecule has 1 aromatic carbocycles. The molecular formula is C14H23N3. The molecule has 3 heteroatoms. The minimum atomic E-state index is 0.707. The van der Waals surface area contributed by atoms with Crippen LogP contribution in [0.4, 0.5) is 5.69 Å². The summed E-state index contributed by atoms with van der Waals surface area (Å²) >= 11 is 0. The highest BCUT2D eigenvalue weighted by atomic mass is 15.2. The summed E-state index contributed by atoms with van der Waals surface area (Å²) < 4.78 is 0. The standard InChI is InChI=1S/C14H23N3/c1-15-13-6-4-5-12(9-13)10-17(3)14-7-8-16(2)11-14/h4-6,9,14-15H,7-8,10-11H2,1-3H3. The Bertz CT molecular complexity index is 364. The lowest BCUT2D eigenvalue weighted by molar-refractivity contribution is 0.234. The van der Waals surface area contributed by atoms with Crippen LogP contribution in [0.2, 0.25) is 0 Å². The quantitative estimate of drug-likeness (QED) is 0.856. The zero-order chi connectivity index (χ0) is 12.3. The molecule has 0 aromatic heterocycles. The van der Waals surface area contributed by atoms with Gasteiger partial charge >= 0.3 is 0 Å². The Morgan fingerprint density at radius 2 is 2.29 bits per heavy atom. The second-order valence-corrected chi connectivity index (χ2v) is 5.07. The number of anilines is 1. The highest BCUT2D eigenvalue weighted by molar-refractivity contribution is 5.44. The predicted octanol–water partition coefficient (Wildman–Crippen LogP) is 1.86. The Hall–Kier alpha value is -1.06. The number of likely N-dealkylation sites (N-methyl/N-ethyl adjacent to an activating group) is 2. The average Bonchev–Trinajstić information content (AvgIpc) is 2.76. The lowest BCUT2D eigenvalue weighted by Crippen LogP contribution is -2.33. The van der Waals surface area contributed by atoms with Crippen LogP contribution in [0, 0.1) is 0 Å². The molecule has 17 heavy (non-hydrogen) atoms. The molecule has 0 saturated carbocycles. The number of rotatable bonds is 4. The molecule has 1 fully saturated rings. The third-order valence-corrected chi connectivity index (χ3v) is 3.64. The van der Waals surface area contributed by atoms with Gasteiger partial charge in [0.1, 0.15) is 0 Å². The highest BCUT2D eigenvalue weighted by Crippen LogP contribution is 2.17. The summed E-state index contributed by atoms with van der Waals surface area (Å²) in [6.45, 7) is 3.46. The predicted molar refractivity (Wildman–Crippen MR) is 73.4 cm³/mol. The number of nitrogens with zero attached hydrogens (tertiary/aromatic N) is 2. The van der Waals surface area contributed by atoms with Crippen molar-refractivity contribution in [2.45, 2.75) is 19.0 Å². The molecule has 2 rings (SSSR count). The Morgan fingerprint density at radius 1 is 1.47 bits per heavy atom. The lowest BCUT2D eigenvalue weighted by Gasteiger charge is -2.24. The molecule has 0 aliphatic carbocycles. The molecule has 0 spiro atoms. The summed E-state index contributed by atoms with van der Waals surface area (Å²) in [7, 11) is 6.40. The van der Waals surface area contributed by atoms with Gasteiger partial charge in [0, 0.05) is 31.9 Å². The van der Waals surface area contributed by atoms with Gasteiger partial charge in [-0.05, 0) is 44.8 Å². The number of hydrogen-bond acceptors (Lipinski definition) is 3. The monoisotopic (exact) mass is 233 g/mol. The van der Waals surface area contributed by atoms with E-state index in [2.05, 4.69) is 53.5 Å². The fraction of sp³-hybridized carbons (Fsp3) is 0.571. The van der Waals surface area contributed by atoms with E-state index in [4.69, 9.17) is 0 Å². The van der Waals surface area contributed by atoms with E-state index in [0.29, 0.717) is 6.04 Å². The largest absolute Gasteiger partial charge is 0.388 e. The maximum Gasteiger partial charge on any atom is 0.0340 e. The van der Waals surface area contributed by atoms with Gasteiger partial charge in [0.15, 0.2) is 0 Å². The van der Waals surface area contributed by atoms with E-state index in [9.17, 15) is 0 Å². The first kappa shape index (κ1) is 12.4. The van der Waals surface area contributed by atoms with Crippen LogP contribution in [0.1, 0.15) is 12.0 Å². The maximum absolute atomic E-state index is 3.19.